The molecule has 0 aliphatic heterocycles. The van der Waals surface area contributed by atoms with Gasteiger partial charge in [0.25, 0.3) is 0 Å². The van der Waals surface area contributed by atoms with E-state index in [1.165, 1.54) is 0 Å². The lowest BCUT2D eigenvalue weighted by Crippen LogP contribution is -2.13. The minimum Gasteiger partial charge on any atom is -0.481 e. The number of hydrogen-bond acceptors (Lipinski definition) is 3. The zero-order valence-electron chi connectivity index (χ0n) is 10.4. The van der Waals surface area contributed by atoms with Gasteiger partial charge in [-0.25, -0.2) is 13.2 Å². The number of hydrogen-bond donors (Lipinski definition) is 1. The topological polar surface area (TPSA) is 63.6 Å². The van der Waals surface area contributed by atoms with Crippen LogP contribution in [0.5, 0.6) is 5.75 Å². The van der Waals surface area contributed by atoms with Gasteiger partial charge in [-0.1, -0.05) is 0 Å². The van der Waals surface area contributed by atoms with Crippen molar-refractivity contribution in [2.45, 2.75) is 25.7 Å². The summed E-state index contributed by atoms with van der Waals surface area (Å²) in [5, 5.41) is 8.34. The van der Waals surface area contributed by atoms with Crippen LogP contribution in [0.25, 0.3) is 0 Å². The van der Waals surface area contributed by atoms with Gasteiger partial charge in [-0.2, -0.15) is 8.78 Å². The van der Waals surface area contributed by atoms with Gasteiger partial charge < -0.3 is 9.84 Å². The van der Waals surface area contributed by atoms with Crippen molar-refractivity contribution in [2.24, 2.45) is 0 Å². The van der Waals surface area contributed by atoms with Gasteiger partial charge in [0.2, 0.25) is 34.8 Å². The van der Waals surface area contributed by atoms with Crippen LogP contribution in [0.4, 0.5) is 22.0 Å². The molecule has 9 heteroatoms. The van der Waals surface area contributed by atoms with E-state index in [1.54, 1.807) is 0 Å². The first kappa shape index (κ1) is 16.9. The molecule has 1 aromatic rings. The zero-order valence-corrected chi connectivity index (χ0v) is 10.4. The monoisotopic (exact) mass is 312 g/mol. The van der Waals surface area contributed by atoms with Crippen molar-refractivity contribution in [3.63, 3.8) is 0 Å². The second-order valence-electron chi connectivity index (χ2n) is 3.97. The van der Waals surface area contributed by atoms with Crippen LogP contribution in [-0.4, -0.2) is 17.0 Å². The molecule has 0 atom stereocenters. The Hall–Kier alpha value is -2.19. The van der Waals surface area contributed by atoms with Crippen LogP contribution in [0, 0.1) is 29.1 Å². The normalized spacial score (nSPS) is 10.5. The summed E-state index contributed by atoms with van der Waals surface area (Å²) in [6.07, 6.45) is -0.523. The fourth-order valence-corrected chi connectivity index (χ4v) is 1.38. The number of ether oxygens (including phenoxy) is 1. The molecule has 0 saturated carbocycles. The Morgan fingerprint density at radius 2 is 1.24 bits per heavy atom. The molecule has 0 aromatic heterocycles. The SMILES string of the molecule is O=C(O)CCCCC(=O)Oc1c(F)c(F)c(F)c(F)c1F. The van der Waals surface area contributed by atoms with E-state index in [9.17, 15) is 31.5 Å². The number of carbonyl (C=O) groups excluding carboxylic acids is 1. The smallest absolute Gasteiger partial charge is 0.311 e. The van der Waals surface area contributed by atoms with Crippen LogP contribution < -0.4 is 4.74 Å². The average molecular weight is 312 g/mol. The third-order valence-electron chi connectivity index (χ3n) is 2.41. The molecule has 0 fully saturated rings. The summed E-state index contributed by atoms with van der Waals surface area (Å²) in [4.78, 5) is 21.4. The van der Waals surface area contributed by atoms with E-state index in [2.05, 4.69) is 4.74 Å². The number of benzene rings is 1. The third kappa shape index (κ3) is 4.14. The molecule has 1 aromatic carbocycles. The predicted octanol–water partition coefficient (Wildman–Crippen LogP) is 2.93. The third-order valence-corrected chi connectivity index (χ3v) is 2.41. The number of rotatable bonds is 6. The van der Waals surface area contributed by atoms with E-state index in [-0.39, 0.29) is 19.3 Å². The summed E-state index contributed by atoms with van der Waals surface area (Å²) >= 11 is 0. The van der Waals surface area contributed by atoms with E-state index in [1.807, 2.05) is 0 Å². The first-order chi connectivity index (χ1) is 9.75. The molecule has 21 heavy (non-hydrogen) atoms. The molecule has 0 saturated heterocycles. The molecular formula is C12H9F5O4. The maximum Gasteiger partial charge on any atom is 0.311 e. The van der Waals surface area contributed by atoms with Crippen LogP contribution in [0.15, 0.2) is 0 Å². The quantitative estimate of drug-likeness (QED) is 0.219. The van der Waals surface area contributed by atoms with Crippen LogP contribution in [0.2, 0.25) is 0 Å². The fourth-order valence-electron chi connectivity index (χ4n) is 1.38. The molecule has 0 bridgehead atoms. The first-order valence-electron chi connectivity index (χ1n) is 5.69. The van der Waals surface area contributed by atoms with E-state index < -0.39 is 53.2 Å². The Morgan fingerprint density at radius 3 is 1.71 bits per heavy atom. The van der Waals surface area contributed by atoms with Gasteiger partial charge in [0.05, 0.1) is 0 Å². The first-order valence-corrected chi connectivity index (χ1v) is 5.69. The number of aliphatic carboxylic acids is 1. The van der Waals surface area contributed by atoms with E-state index >= 15 is 0 Å². The van der Waals surface area contributed by atoms with Crippen molar-refractivity contribution >= 4 is 11.9 Å². The van der Waals surface area contributed by atoms with Crippen LogP contribution in [0.3, 0.4) is 0 Å². The zero-order chi connectivity index (χ0) is 16.2. The lowest BCUT2D eigenvalue weighted by Gasteiger charge is -2.08. The van der Waals surface area contributed by atoms with Gasteiger partial charge in [0.15, 0.2) is 0 Å². The average Bonchev–Trinajstić information content (AvgIpc) is 2.44. The highest BCUT2D eigenvalue weighted by atomic mass is 19.2. The highest BCUT2D eigenvalue weighted by Gasteiger charge is 2.28. The van der Waals surface area contributed by atoms with Crippen molar-refractivity contribution in [1.29, 1.82) is 0 Å². The molecule has 0 spiro atoms. The number of unbranched alkanes of at least 4 members (excludes halogenated alkanes) is 1. The molecule has 0 amide bonds. The number of carboxylic acid groups (broad SMARTS) is 1. The predicted molar refractivity (Wildman–Crippen MR) is 58.0 cm³/mol. The molecule has 116 valence electrons. The second-order valence-corrected chi connectivity index (χ2v) is 3.97. The van der Waals surface area contributed by atoms with Crippen molar-refractivity contribution in [3.8, 4) is 5.75 Å². The molecular weight excluding hydrogens is 303 g/mol. The summed E-state index contributed by atoms with van der Waals surface area (Å²) < 4.78 is 68.9. The Morgan fingerprint density at radius 1 is 0.810 bits per heavy atom. The minimum atomic E-state index is -2.36. The Kier molecular flexibility index (Phi) is 5.62. The summed E-state index contributed by atoms with van der Waals surface area (Å²) in [5.74, 6) is -15.3. The minimum absolute atomic E-state index is 0.0283. The number of carboxylic acids is 1. The maximum absolute atomic E-state index is 13.2. The fraction of sp³-hybridized carbons (Fsp3) is 0.333. The van der Waals surface area contributed by atoms with Crippen molar-refractivity contribution < 1.29 is 41.4 Å². The summed E-state index contributed by atoms with van der Waals surface area (Å²) in [6, 6.07) is 0. The highest BCUT2D eigenvalue weighted by molar-refractivity contribution is 5.72. The van der Waals surface area contributed by atoms with Crippen molar-refractivity contribution in [1.82, 2.24) is 0 Å². The molecule has 1 N–H and O–H groups in total. The Bertz CT molecular complexity index is 544. The molecule has 0 radical (unpaired) electrons. The highest BCUT2D eigenvalue weighted by Crippen LogP contribution is 2.29. The standard InChI is InChI=1S/C12H9F5O4/c13-7-8(14)10(16)12(11(17)9(7)15)21-6(20)4-2-1-3-5(18)19/h1-4H2,(H,18,19). The molecule has 0 aliphatic carbocycles. The van der Waals surface area contributed by atoms with Crippen LogP contribution in [0.1, 0.15) is 25.7 Å². The second kappa shape index (κ2) is 7.00. The maximum atomic E-state index is 13.2. The van der Waals surface area contributed by atoms with Gasteiger partial charge in [0.1, 0.15) is 0 Å². The molecule has 1 rings (SSSR count). The summed E-state index contributed by atoms with van der Waals surface area (Å²) in [6.45, 7) is 0. The van der Waals surface area contributed by atoms with Gasteiger partial charge in [-0.05, 0) is 12.8 Å². The van der Waals surface area contributed by atoms with E-state index in [0.29, 0.717) is 0 Å². The lowest BCUT2D eigenvalue weighted by atomic mass is 10.2. The molecule has 0 unspecified atom stereocenters. The number of esters is 1. The molecule has 0 heterocycles. The lowest BCUT2D eigenvalue weighted by molar-refractivity contribution is -0.138. The van der Waals surface area contributed by atoms with Gasteiger partial charge in [0, 0.05) is 12.8 Å². The number of carbonyl (C=O) groups is 2. The summed E-state index contributed by atoms with van der Waals surface area (Å²) in [5.41, 5.74) is 0. The van der Waals surface area contributed by atoms with Crippen molar-refractivity contribution in [3.05, 3.63) is 29.1 Å². The molecule has 4 nitrogen and oxygen atoms in total. The van der Waals surface area contributed by atoms with E-state index in [0.717, 1.165) is 0 Å². The van der Waals surface area contributed by atoms with Gasteiger partial charge in [-0.3, -0.25) is 9.59 Å². The summed E-state index contributed by atoms with van der Waals surface area (Å²) in [7, 11) is 0. The van der Waals surface area contributed by atoms with Crippen molar-refractivity contribution in [2.75, 3.05) is 0 Å². The Labute approximate surface area is 115 Å². The van der Waals surface area contributed by atoms with E-state index in [4.69, 9.17) is 5.11 Å². The van der Waals surface area contributed by atoms with Gasteiger partial charge in [-0.15, -0.1) is 0 Å². The Balaban J connectivity index is 2.75. The van der Waals surface area contributed by atoms with Crippen LogP contribution in [-0.2, 0) is 9.59 Å². The van der Waals surface area contributed by atoms with Gasteiger partial charge >= 0.3 is 11.9 Å². The van der Waals surface area contributed by atoms with Crippen LogP contribution >= 0.6 is 0 Å². The number of halogens is 5. The molecule has 0 aliphatic rings. The largest absolute Gasteiger partial charge is 0.481 e.